The molecule has 0 spiro atoms. The Kier molecular flexibility index (Phi) is 4.20. The predicted molar refractivity (Wildman–Crippen MR) is 95.6 cm³/mol. The van der Waals surface area contributed by atoms with Gasteiger partial charge in [0.25, 0.3) is 5.89 Å². The molecule has 5 nitrogen and oxygen atoms in total. The van der Waals surface area contributed by atoms with Gasteiger partial charge in [-0.1, -0.05) is 34.5 Å². The number of amides is 1. The molecule has 26 heavy (non-hydrogen) atoms. The average Bonchev–Trinajstić information content (AvgIpc) is 3.23. The van der Waals surface area contributed by atoms with Crippen LogP contribution in [-0.4, -0.2) is 22.6 Å². The molecule has 1 aliphatic heterocycles. The van der Waals surface area contributed by atoms with E-state index < -0.39 is 5.82 Å². The monoisotopic (exact) mass is 371 g/mol. The maximum absolute atomic E-state index is 13.2. The van der Waals surface area contributed by atoms with E-state index in [0.29, 0.717) is 23.9 Å². The highest BCUT2D eigenvalue weighted by molar-refractivity contribution is 6.33. The lowest BCUT2D eigenvalue weighted by Crippen LogP contribution is -2.24. The van der Waals surface area contributed by atoms with Gasteiger partial charge in [-0.3, -0.25) is 4.79 Å². The molecule has 2 aromatic carbocycles. The minimum Gasteiger partial charge on any atom is -0.334 e. The summed E-state index contributed by atoms with van der Waals surface area (Å²) in [7, 11) is 0. The molecule has 1 atom stereocenters. The summed E-state index contributed by atoms with van der Waals surface area (Å²) in [5, 5.41) is 4.24. The molecule has 1 unspecified atom stereocenters. The highest BCUT2D eigenvalue weighted by atomic mass is 35.5. The molecule has 0 aliphatic carbocycles. The SMILES string of the molecule is Cc1ccc(-c2nc(C3CC(=O)N(c4ccc(F)cc4Cl)C3)no2)cc1. The fourth-order valence-corrected chi connectivity index (χ4v) is 3.30. The Hall–Kier alpha value is -2.73. The van der Waals surface area contributed by atoms with Gasteiger partial charge in [0.05, 0.1) is 10.7 Å². The predicted octanol–water partition coefficient (Wildman–Crippen LogP) is 4.36. The number of nitrogens with zero attached hydrogens (tertiary/aromatic N) is 3. The van der Waals surface area contributed by atoms with Gasteiger partial charge in [0.2, 0.25) is 5.91 Å². The minimum atomic E-state index is -0.442. The first-order chi connectivity index (χ1) is 12.5. The number of halogens is 2. The summed E-state index contributed by atoms with van der Waals surface area (Å²) in [4.78, 5) is 18.4. The molecule has 132 valence electrons. The topological polar surface area (TPSA) is 59.2 Å². The van der Waals surface area contributed by atoms with Crippen LogP contribution in [0, 0.1) is 12.7 Å². The zero-order valence-electron chi connectivity index (χ0n) is 13.9. The number of hydrogen-bond acceptors (Lipinski definition) is 4. The average molecular weight is 372 g/mol. The van der Waals surface area contributed by atoms with E-state index in [-0.39, 0.29) is 23.3 Å². The van der Waals surface area contributed by atoms with Crippen LogP contribution >= 0.6 is 11.6 Å². The Morgan fingerprint density at radius 2 is 2.00 bits per heavy atom. The molecule has 1 amide bonds. The van der Waals surface area contributed by atoms with Crippen LogP contribution in [0.5, 0.6) is 0 Å². The van der Waals surface area contributed by atoms with E-state index in [9.17, 15) is 9.18 Å². The van der Waals surface area contributed by atoms with Crippen molar-refractivity contribution < 1.29 is 13.7 Å². The third-order valence-electron chi connectivity index (χ3n) is 4.43. The van der Waals surface area contributed by atoms with E-state index in [1.807, 2.05) is 31.2 Å². The molecule has 0 bridgehead atoms. The number of anilines is 1. The van der Waals surface area contributed by atoms with Crippen LogP contribution in [0.4, 0.5) is 10.1 Å². The van der Waals surface area contributed by atoms with Gasteiger partial charge in [0.1, 0.15) is 5.82 Å². The molecule has 1 fully saturated rings. The molecule has 0 N–H and O–H groups in total. The molecule has 4 rings (SSSR count). The van der Waals surface area contributed by atoms with E-state index in [4.69, 9.17) is 16.1 Å². The van der Waals surface area contributed by atoms with Crippen LogP contribution in [0.15, 0.2) is 47.0 Å². The van der Waals surface area contributed by atoms with Gasteiger partial charge in [-0.2, -0.15) is 4.98 Å². The Morgan fingerprint density at radius 3 is 2.73 bits per heavy atom. The summed E-state index contributed by atoms with van der Waals surface area (Å²) in [6.45, 7) is 2.37. The van der Waals surface area contributed by atoms with Crippen molar-refractivity contribution in [3.63, 3.8) is 0 Å². The summed E-state index contributed by atoms with van der Waals surface area (Å²) >= 11 is 6.08. The van der Waals surface area contributed by atoms with Crippen LogP contribution in [0.2, 0.25) is 5.02 Å². The van der Waals surface area contributed by atoms with Crippen molar-refractivity contribution in [3.8, 4) is 11.5 Å². The van der Waals surface area contributed by atoms with E-state index >= 15 is 0 Å². The van der Waals surface area contributed by atoms with Gasteiger partial charge < -0.3 is 9.42 Å². The number of benzene rings is 2. The number of rotatable bonds is 3. The van der Waals surface area contributed by atoms with Crippen LogP contribution in [0.3, 0.4) is 0 Å². The Bertz CT molecular complexity index is 971. The first kappa shape index (κ1) is 16.7. The molecule has 1 aliphatic rings. The Morgan fingerprint density at radius 1 is 1.23 bits per heavy atom. The molecular weight excluding hydrogens is 357 g/mol. The summed E-state index contributed by atoms with van der Waals surface area (Å²) < 4.78 is 18.6. The van der Waals surface area contributed by atoms with Crippen LogP contribution < -0.4 is 4.90 Å². The van der Waals surface area contributed by atoms with Crippen molar-refractivity contribution >= 4 is 23.2 Å². The van der Waals surface area contributed by atoms with Gasteiger partial charge in [-0.05, 0) is 37.3 Å². The summed E-state index contributed by atoms with van der Waals surface area (Å²) in [5.41, 5.74) is 2.46. The molecule has 1 saturated heterocycles. The highest BCUT2D eigenvalue weighted by Gasteiger charge is 2.35. The summed E-state index contributed by atoms with van der Waals surface area (Å²) in [5.74, 6) is 0.153. The van der Waals surface area contributed by atoms with Gasteiger partial charge in [-0.25, -0.2) is 4.39 Å². The van der Waals surface area contributed by atoms with Crippen LogP contribution in [-0.2, 0) is 4.79 Å². The number of aryl methyl sites for hydroxylation is 1. The normalized spacial score (nSPS) is 17.1. The van der Waals surface area contributed by atoms with E-state index in [1.165, 1.54) is 23.1 Å². The standard InChI is InChI=1S/C19H15ClFN3O2/c1-11-2-4-12(5-3-11)19-22-18(23-26-19)13-8-17(25)24(10-13)16-7-6-14(21)9-15(16)20/h2-7,9,13H,8,10H2,1H3. The molecular formula is C19H15ClFN3O2. The molecule has 2 heterocycles. The molecule has 1 aromatic heterocycles. The van der Waals surface area contributed by atoms with Gasteiger partial charge in [-0.15, -0.1) is 0 Å². The second-order valence-electron chi connectivity index (χ2n) is 6.32. The third-order valence-corrected chi connectivity index (χ3v) is 4.73. The largest absolute Gasteiger partial charge is 0.334 e. The summed E-state index contributed by atoms with van der Waals surface area (Å²) in [6, 6.07) is 11.8. The zero-order chi connectivity index (χ0) is 18.3. The number of hydrogen-bond donors (Lipinski definition) is 0. The van der Waals surface area contributed by atoms with Crippen LogP contribution in [0.25, 0.3) is 11.5 Å². The lowest BCUT2D eigenvalue weighted by Gasteiger charge is -2.17. The molecule has 0 saturated carbocycles. The zero-order valence-corrected chi connectivity index (χ0v) is 14.7. The van der Waals surface area contributed by atoms with E-state index in [0.717, 1.165) is 11.1 Å². The summed E-state index contributed by atoms with van der Waals surface area (Å²) in [6.07, 6.45) is 0.251. The first-order valence-electron chi connectivity index (χ1n) is 8.17. The fourth-order valence-electron chi connectivity index (χ4n) is 3.03. The molecule has 0 radical (unpaired) electrons. The lowest BCUT2D eigenvalue weighted by atomic mass is 10.1. The number of carbonyl (C=O) groups excluding carboxylic acids is 1. The third kappa shape index (κ3) is 3.08. The van der Waals surface area contributed by atoms with Crippen molar-refractivity contribution in [2.24, 2.45) is 0 Å². The minimum absolute atomic E-state index is 0.106. The van der Waals surface area contributed by atoms with Crippen LogP contribution in [0.1, 0.15) is 23.7 Å². The number of aromatic nitrogens is 2. The van der Waals surface area contributed by atoms with Gasteiger partial charge in [0, 0.05) is 24.4 Å². The van der Waals surface area contributed by atoms with Gasteiger partial charge >= 0.3 is 0 Å². The molecule has 3 aromatic rings. The van der Waals surface area contributed by atoms with Crippen molar-refractivity contribution in [2.75, 3.05) is 11.4 Å². The van der Waals surface area contributed by atoms with Gasteiger partial charge in [0.15, 0.2) is 5.82 Å². The lowest BCUT2D eigenvalue weighted by molar-refractivity contribution is -0.117. The Balaban J connectivity index is 1.56. The van der Waals surface area contributed by atoms with Crippen molar-refractivity contribution in [3.05, 3.63) is 64.7 Å². The highest BCUT2D eigenvalue weighted by Crippen LogP contribution is 2.35. The maximum atomic E-state index is 13.2. The van der Waals surface area contributed by atoms with Crippen molar-refractivity contribution in [1.29, 1.82) is 0 Å². The second kappa shape index (κ2) is 6.53. The smallest absolute Gasteiger partial charge is 0.257 e. The number of carbonyl (C=O) groups is 1. The first-order valence-corrected chi connectivity index (χ1v) is 8.55. The molecule has 7 heteroatoms. The second-order valence-corrected chi connectivity index (χ2v) is 6.73. The quantitative estimate of drug-likeness (QED) is 0.686. The maximum Gasteiger partial charge on any atom is 0.257 e. The van der Waals surface area contributed by atoms with E-state index in [2.05, 4.69) is 10.1 Å². The van der Waals surface area contributed by atoms with Crippen molar-refractivity contribution in [2.45, 2.75) is 19.3 Å². The van der Waals surface area contributed by atoms with Crippen molar-refractivity contribution in [1.82, 2.24) is 10.1 Å². The Labute approximate surface area is 154 Å². The van der Waals surface area contributed by atoms with E-state index in [1.54, 1.807) is 0 Å². The fraction of sp³-hybridized carbons (Fsp3) is 0.211.